The molecule has 2 aromatic heterocycles. The Balaban J connectivity index is 1.69. The van der Waals surface area contributed by atoms with Gasteiger partial charge < -0.3 is 4.98 Å². The fraction of sp³-hybridized carbons (Fsp3) is 0.263. The van der Waals surface area contributed by atoms with Gasteiger partial charge in [-0.2, -0.15) is 0 Å². The predicted octanol–water partition coefficient (Wildman–Crippen LogP) is 3.82. The monoisotopic (exact) mass is 355 g/mol. The molecule has 3 N–H and O–H groups in total. The summed E-state index contributed by atoms with van der Waals surface area (Å²) >= 11 is 1.50. The molecule has 3 aromatic rings. The van der Waals surface area contributed by atoms with E-state index in [1.54, 1.807) is 6.20 Å². The minimum absolute atomic E-state index is 0.282. The van der Waals surface area contributed by atoms with Crippen LogP contribution < -0.4 is 10.9 Å². The van der Waals surface area contributed by atoms with Crippen LogP contribution in [0.3, 0.4) is 0 Å². The van der Waals surface area contributed by atoms with Crippen LogP contribution in [0.4, 0.5) is 0 Å². The van der Waals surface area contributed by atoms with Crippen LogP contribution in [0.25, 0.3) is 10.9 Å². The van der Waals surface area contributed by atoms with Gasteiger partial charge in [-0.05, 0) is 30.5 Å². The number of thiophene rings is 1. The van der Waals surface area contributed by atoms with Gasteiger partial charge in [-0.1, -0.05) is 38.5 Å². The van der Waals surface area contributed by atoms with E-state index < -0.39 is 0 Å². The highest BCUT2D eigenvalue weighted by atomic mass is 32.1. The van der Waals surface area contributed by atoms with Crippen molar-refractivity contribution >= 4 is 34.1 Å². The maximum absolute atomic E-state index is 12.3. The van der Waals surface area contributed by atoms with Crippen molar-refractivity contribution in [1.29, 1.82) is 0 Å². The van der Waals surface area contributed by atoms with Gasteiger partial charge in [0, 0.05) is 22.0 Å². The number of amides is 2. The third kappa shape index (κ3) is 3.58. The lowest BCUT2D eigenvalue weighted by Crippen LogP contribution is -2.41. The van der Waals surface area contributed by atoms with E-state index in [9.17, 15) is 9.59 Å². The van der Waals surface area contributed by atoms with Crippen LogP contribution in [-0.2, 0) is 12.8 Å². The average molecular weight is 355 g/mol. The molecular formula is C19H21N3O2S. The number of aryl methyl sites for hydroxylation is 2. The van der Waals surface area contributed by atoms with E-state index >= 15 is 0 Å². The van der Waals surface area contributed by atoms with E-state index in [0.29, 0.717) is 10.4 Å². The first-order valence-electron chi connectivity index (χ1n) is 8.42. The summed E-state index contributed by atoms with van der Waals surface area (Å²) in [4.78, 5) is 29.6. The molecule has 0 fully saturated rings. The Hall–Kier alpha value is -2.60. The number of benzene rings is 1. The van der Waals surface area contributed by atoms with Gasteiger partial charge in [0.2, 0.25) is 0 Å². The Labute approximate surface area is 150 Å². The van der Waals surface area contributed by atoms with Gasteiger partial charge in [-0.15, -0.1) is 11.3 Å². The quantitative estimate of drug-likeness (QED) is 0.609. The number of hydrazine groups is 1. The molecule has 130 valence electrons. The minimum Gasteiger partial charge on any atom is -0.360 e. The number of nitrogens with one attached hydrogen (secondary N) is 3. The second-order valence-corrected chi connectivity index (χ2v) is 6.96. The molecule has 0 radical (unpaired) electrons. The van der Waals surface area contributed by atoms with Crippen molar-refractivity contribution in [3.63, 3.8) is 0 Å². The lowest BCUT2D eigenvalue weighted by molar-refractivity contribution is 0.0850. The largest absolute Gasteiger partial charge is 0.360 e. The zero-order valence-electron chi connectivity index (χ0n) is 14.3. The normalized spacial score (nSPS) is 10.8. The highest BCUT2D eigenvalue weighted by Crippen LogP contribution is 2.24. The summed E-state index contributed by atoms with van der Waals surface area (Å²) in [6, 6.07) is 9.46. The van der Waals surface area contributed by atoms with Crippen molar-refractivity contribution in [2.24, 2.45) is 0 Å². The number of aromatic nitrogens is 1. The van der Waals surface area contributed by atoms with Crippen molar-refractivity contribution in [3.05, 3.63) is 57.4 Å². The Kier molecular flexibility index (Phi) is 5.19. The molecule has 0 aliphatic rings. The van der Waals surface area contributed by atoms with Gasteiger partial charge in [-0.25, -0.2) is 0 Å². The van der Waals surface area contributed by atoms with Crippen LogP contribution in [0.5, 0.6) is 0 Å². The molecule has 0 aliphatic heterocycles. The molecule has 0 saturated carbocycles. The number of H-pyrrole nitrogens is 1. The second kappa shape index (κ2) is 7.53. The summed E-state index contributed by atoms with van der Waals surface area (Å²) in [5.41, 5.74) is 7.61. The molecule has 0 bridgehead atoms. The standard InChI is InChI=1S/C19H21N3O2S/c1-3-7-16-12(4-2)10-17(25-16)19(24)22-21-18(23)14-11-20-15-9-6-5-8-13(14)15/h5-6,8-11,20H,3-4,7H2,1-2H3,(H,21,23)(H,22,24). The van der Waals surface area contributed by atoms with Crippen LogP contribution >= 0.6 is 11.3 Å². The number of fused-ring (bicyclic) bond motifs is 1. The molecule has 0 unspecified atom stereocenters. The lowest BCUT2D eigenvalue weighted by Gasteiger charge is -2.05. The van der Waals surface area contributed by atoms with Crippen molar-refractivity contribution in [3.8, 4) is 0 Å². The first-order chi connectivity index (χ1) is 12.1. The smallest absolute Gasteiger partial charge is 0.279 e. The van der Waals surface area contributed by atoms with Gasteiger partial charge in [0.25, 0.3) is 11.8 Å². The maximum Gasteiger partial charge on any atom is 0.279 e. The number of para-hydroxylation sites is 1. The van der Waals surface area contributed by atoms with Crippen molar-refractivity contribution in [2.45, 2.75) is 33.1 Å². The Morgan fingerprint density at radius 1 is 1.12 bits per heavy atom. The number of hydrogen-bond acceptors (Lipinski definition) is 3. The number of aromatic amines is 1. The molecule has 0 aliphatic carbocycles. The summed E-state index contributed by atoms with van der Waals surface area (Å²) in [6.45, 7) is 4.21. The fourth-order valence-corrected chi connectivity index (χ4v) is 4.07. The van der Waals surface area contributed by atoms with Crippen LogP contribution in [0.1, 0.15) is 50.7 Å². The highest BCUT2D eigenvalue weighted by molar-refractivity contribution is 7.14. The van der Waals surface area contributed by atoms with E-state index in [4.69, 9.17) is 0 Å². The Morgan fingerprint density at radius 3 is 2.64 bits per heavy atom. The van der Waals surface area contributed by atoms with Crippen molar-refractivity contribution in [2.75, 3.05) is 0 Å². The Morgan fingerprint density at radius 2 is 1.88 bits per heavy atom. The van der Waals surface area contributed by atoms with E-state index in [0.717, 1.165) is 30.2 Å². The van der Waals surface area contributed by atoms with Crippen LogP contribution in [0.2, 0.25) is 0 Å². The molecule has 5 nitrogen and oxygen atoms in total. The van der Waals surface area contributed by atoms with Gasteiger partial charge >= 0.3 is 0 Å². The predicted molar refractivity (Wildman–Crippen MR) is 101 cm³/mol. The van der Waals surface area contributed by atoms with E-state index in [1.165, 1.54) is 21.8 Å². The van der Waals surface area contributed by atoms with Crippen molar-refractivity contribution < 1.29 is 9.59 Å². The number of carbonyl (C=O) groups is 2. The third-order valence-corrected chi connectivity index (χ3v) is 5.34. The number of rotatable bonds is 5. The minimum atomic E-state index is -0.341. The molecule has 2 heterocycles. The summed E-state index contributed by atoms with van der Waals surface area (Å²) in [5, 5.41) is 0.823. The summed E-state index contributed by atoms with van der Waals surface area (Å²) in [6.07, 6.45) is 4.57. The molecule has 6 heteroatoms. The van der Waals surface area contributed by atoms with Gasteiger partial charge in [0.1, 0.15) is 0 Å². The first-order valence-corrected chi connectivity index (χ1v) is 9.24. The van der Waals surface area contributed by atoms with Crippen LogP contribution in [-0.4, -0.2) is 16.8 Å². The molecule has 0 spiro atoms. The van der Waals surface area contributed by atoms with Gasteiger partial charge in [0.15, 0.2) is 0 Å². The molecule has 1 aromatic carbocycles. The van der Waals surface area contributed by atoms with Crippen molar-refractivity contribution in [1.82, 2.24) is 15.8 Å². The average Bonchev–Trinajstić information content (AvgIpc) is 3.23. The summed E-state index contributed by atoms with van der Waals surface area (Å²) in [7, 11) is 0. The highest BCUT2D eigenvalue weighted by Gasteiger charge is 2.16. The van der Waals surface area contributed by atoms with Crippen LogP contribution in [0.15, 0.2) is 36.5 Å². The third-order valence-electron chi connectivity index (χ3n) is 4.10. The number of carbonyl (C=O) groups excluding carboxylic acids is 2. The molecular weight excluding hydrogens is 334 g/mol. The zero-order chi connectivity index (χ0) is 17.8. The summed E-state index contributed by atoms with van der Waals surface area (Å²) in [5.74, 6) is -0.623. The molecule has 25 heavy (non-hydrogen) atoms. The topological polar surface area (TPSA) is 74.0 Å². The Bertz CT molecular complexity index is 910. The van der Waals surface area contributed by atoms with E-state index in [2.05, 4.69) is 29.7 Å². The second-order valence-electron chi connectivity index (χ2n) is 5.82. The zero-order valence-corrected chi connectivity index (χ0v) is 15.1. The van der Waals surface area contributed by atoms with E-state index in [-0.39, 0.29) is 11.8 Å². The molecule has 0 saturated heterocycles. The lowest BCUT2D eigenvalue weighted by atomic mass is 10.1. The first kappa shape index (κ1) is 17.2. The molecule has 2 amide bonds. The fourth-order valence-electron chi connectivity index (χ4n) is 2.82. The molecule has 3 rings (SSSR count). The van der Waals surface area contributed by atoms with Gasteiger partial charge in [0.05, 0.1) is 10.4 Å². The number of hydrogen-bond donors (Lipinski definition) is 3. The SMILES string of the molecule is CCCc1sc(C(=O)NNC(=O)c2c[nH]c3ccccc23)cc1CC. The van der Waals surface area contributed by atoms with Gasteiger partial charge in [-0.3, -0.25) is 20.4 Å². The maximum atomic E-state index is 12.3. The molecule has 0 atom stereocenters. The summed E-state index contributed by atoms with van der Waals surface area (Å²) < 4.78 is 0. The van der Waals surface area contributed by atoms with Crippen LogP contribution in [0, 0.1) is 0 Å². The van der Waals surface area contributed by atoms with E-state index in [1.807, 2.05) is 30.3 Å².